The molecule has 3 aliphatic rings. The van der Waals surface area contributed by atoms with E-state index in [4.69, 9.17) is 23.7 Å². The number of amides is 1. The maximum absolute atomic E-state index is 14.4. The Kier molecular flexibility index (Phi) is 22.9. The van der Waals surface area contributed by atoms with E-state index in [1.165, 1.54) is 12.0 Å². The zero-order valence-electron chi connectivity index (χ0n) is 41.5. The summed E-state index contributed by atoms with van der Waals surface area (Å²) in [7, 11) is 4.53. The van der Waals surface area contributed by atoms with Gasteiger partial charge in [0.25, 0.3) is 11.7 Å². The Hall–Kier alpha value is -3.11. The van der Waals surface area contributed by atoms with Crippen molar-refractivity contribution in [3.63, 3.8) is 0 Å². The van der Waals surface area contributed by atoms with Crippen LogP contribution in [-0.2, 0) is 47.7 Å². The van der Waals surface area contributed by atoms with Crippen LogP contribution in [0.25, 0.3) is 0 Å². The molecule has 3 rings (SSSR count). The number of rotatable bonds is 24. The first-order valence-corrected chi connectivity index (χ1v) is 24.1. The minimum Gasteiger partial charge on any atom is -0.460 e. The number of nitrogens with zero attached hydrogens (tertiary/aromatic N) is 1. The van der Waals surface area contributed by atoms with Crippen molar-refractivity contribution in [1.29, 1.82) is 0 Å². The van der Waals surface area contributed by atoms with Gasteiger partial charge in [-0.1, -0.05) is 65.8 Å². The SMILES string of the molecule is C/C=C/C=C(\C)[C@H](CC1CC[C@@H](C)[C@](O)(C(=O)C(=O)N2CCCC[C@H]2C(=O)O[C@@H](CC(=O)[C@H](C)/C=C(\C)[C@@H](O)[C@@H](OC)C(=O)[C@H](C)CC(C)C)[C@H](C)C[C@@H]2CC[C@@H](O)[C@H](OC)C2)O1)OC. The van der Waals surface area contributed by atoms with Gasteiger partial charge in [0.15, 0.2) is 5.78 Å². The molecule has 3 N–H and O–H groups in total. The van der Waals surface area contributed by atoms with Crippen LogP contribution in [-0.4, -0.2) is 132 Å². The van der Waals surface area contributed by atoms with Crippen molar-refractivity contribution in [2.45, 2.75) is 194 Å². The molecule has 1 unspecified atom stereocenters. The normalized spacial score (nSPS) is 29.1. The van der Waals surface area contributed by atoms with Crippen LogP contribution >= 0.6 is 0 Å². The van der Waals surface area contributed by atoms with Gasteiger partial charge in [0.1, 0.15) is 30.1 Å². The molecular formula is C51H83NO13. The number of methoxy groups -OCH3 is 3. The van der Waals surface area contributed by atoms with Crippen LogP contribution in [0.3, 0.4) is 0 Å². The summed E-state index contributed by atoms with van der Waals surface area (Å²) in [4.78, 5) is 71.2. The number of allylic oxidation sites excluding steroid dienone is 4. The number of ketones is 3. The molecule has 1 saturated carbocycles. The first-order valence-electron chi connectivity index (χ1n) is 24.1. The Morgan fingerprint density at radius 1 is 0.908 bits per heavy atom. The Labute approximate surface area is 388 Å². The predicted octanol–water partition coefficient (Wildman–Crippen LogP) is 6.65. The second-order valence-electron chi connectivity index (χ2n) is 19.8. The number of esters is 1. The number of hydrogen-bond acceptors (Lipinski definition) is 13. The molecule has 0 radical (unpaired) electrons. The van der Waals surface area contributed by atoms with Crippen LogP contribution in [0.5, 0.6) is 0 Å². The number of carbonyl (C=O) groups excluding carboxylic acids is 5. The van der Waals surface area contributed by atoms with Crippen LogP contribution in [0, 0.1) is 35.5 Å². The average molecular weight is 918 g/mol. The van der Waals surface area contributed by atoms with Crippen LogP contribution < -0.4 is 0 Å². The number of likely N-dealkylation sites (tertiary alicyclic amines) is 1. The summed E-state index contributed by atoms with van der Waals surface area (Å²) >= 11 is 0. The monoisotopic (exact) mass is 918 g/mol. The molecule has 0 aromatic heterocycles. The highest BCUT2D eigenvalue weighted by molar-refractivity contribution is 6.39. The summed E-state index contributed by atoms with van der Waals surface area (Å²) in [5.74, 6) is -7.52. The molecular weight excluding hydrogens is 835 g/mol. The Balaban J connectivity index is 1.86. The van der Waals surface area contributed by atoms with Gasteiger partial charge in [-0.3, -0.25) is 19.2 Å². The maximum Gasteiger partial charge on any atom is 0.329 e. The van der Waals surface area contributed by atoms with E-state index in [0.717, 1.165) is 12.0 Å². The molecule has 65 heavy (non-hydrogen) atoms. The lowest BCUT2D eigenvalue weighted by atomic mass is 9.78. The smallest absolute Gasteiger partial charge is 0.329 e. The molecule has 2 saturated heterocycles. The highest BCUT2D eigenvalue weighted by Gasteiger charge is 2.53. The zero-order chi connectivity index (χ0) is 48.8. The molecule has 0 bridgehead atoms. The molecule has 2 aliphatic heterocycles. The summed E-state index contributed by atoms with van der Waals surface area (Å²) in [5.41, 5.74) is 1.34. The van der Waals surface area contributed by atoms with Crippen molar-refractivity contribution in [3.8, 4) is 0 Å². The largest absolute Gasteiger partial charge is 0.460 e. The summed E-state index contributed by atoms with van der Waals surface area (Å²) in [6.45, 7) is 16.7. The van der Waals surface area contributed by atoms with Gasteiger partial charge in [-0.2, -0.15) is 0 Å². The molecule has 14 heteroatoms. The molecule has 14 nitrogen and oxygen atoms in total. The fourth-order valence-electron chi connectivity index (χ4n) is 9.91. The highest BCUT2D eigenvalue weighted by atomic mass is 16.6. The number of hydrogen-bond donors (Lipinski definition) is 3. The lowest BCUT2D eigenvalue weighted by Crippen LogP contribution is -2.61. The van der Waals surface area contributed by atoms with E-state index in [-0.39, 0.29) is 66.8 Å². The third-order valence-corrected chi connectivity index (χ3v) is 14.1. The topological polar surface area (TPSA) is 195 Å². The summed E-state index contributed by atoms with van der Waals surface area (Å²) in [6, 6.07) is -1.14. The lowest BCUT2D eigenvalue weighted by molar-refractivity contribution is -0.265. The Morgan fingerprint density at radius 2 is 1.60 bits per heavy atom. The average Bonchev–Trinajstić information content (AvgIpc) is 3.27. The summed E-state index contributed by atoms with van der Waals surface area (Å²) in [5, 5.41) is 33.6. The fourth-order valence-corrected chi connectivity index (χ4v) is 9.91. The lowest BCUT2D eigenvalue weighted by Gasteiger charge is -2.42. The molecule has 1 aliphatic carbocycles. The van der Waals surface area contributed by atoms with Crippen molar-refractivity contribution in [2.75, 3.05) is 27.9 Å². The molecule has 2 heterocycles. The van der Waals surface area contributed by atoms with Crippen LogP contribution in [0.15, 0.2) is 35.5 Å². The first-order chi connectivity index (χ1) is 30.6. The Morgan fingerprint density at radius 3 is 2.22 bits per heavy atom. The van der Waals surface area contributed by atoms with Crippen molar-refractivity contribution < 1.29 is 63.0 Å². The van der Waals surface area contributed by atoms with E-state index in [1.54, 1.807) is 41.1 Å². The van der Waals surface area contributed by atoms with E-state index >= 15 is 0 Å². The van der Waals surface area contributed by atoms with Gasteiger partial charge in [-0.15, -0.1) is 0 Å². The van der Waals surface area contributed by atoms with Crippen molar-refractivity contribution in [2.24, 2.45) is 35.5 Å². The molecule has 0 aromatic rings. The molecule has 0 aromatic carbocycles. The number of carbonyl (C=O) groups is 5. The standard InChI is InChI=1S/C51H83NO13/c1-13-14-17-31(4)42(61-10)28-38-21-19-36(9)51(60,65-38)48(57)49(58)52-23-16-15-18-39(52)50(59)64-43(33(6)26-37-20-22-40(53)44(27-37)62-11)29-41(54)32(5)25-35(8)46(56)47(63-12)45(55)34(7)24-30(2)3/h13-14,17,25,30,32-34,36-40,42-44,46-47,53,56,60H,15-16,18-24,26-29H2,1-12H3/b14-13+,31-17+,35-25+/t32-,33-,34-,36-,37+,38?,39+,40-,42+,43+,44-,46-,47+,51-/m1/s1. The third kappa shape index (κ3) is 15.5. The van der Waals surface area contributed by atoms with Gasteiger partial charge in [-0.05, 0) is 114 Å². The summed E-state index contributed by atoms with van der Waals surface area (Å²) in [6.07, 6.45) is 7.76. The zero-order valence-corrected chi connectivity index (χ0v) is 41.5. The third-order valence-electron chi connectivity index (χ3n) is 14.1. The van der Waals surface area contributed by atoms with Gasteiger partial charge in [0.05, 0.1) is 24.4 Å². The van der Waals surface area contributed by atoms with Crippen molar-refractivity contribution in [3.05, 3.63) is 35.5 Å². The minimum atomic E-state index is -2.42. The minimum absolute atomic E-state index is 0.0888. The van der Waals surface area contributed by atoms with Gasteiger partial charge in [0, 0.05) is 58.5 Å². The van der Waals surface area contributed by atoms with Gasteiger partial charge in [-0.25, -0.2) is 4.79 Å². The van der Waals surface area contributed by atoms with E-state index < -0.39 is 71.8 Å². The van der Waals surface area contributed by atoms with E-state index in [1.807, 2.05) is 59.8 Å². The fraction of sp³-hybridized carbons (Fsp3) is 0.784. The Bertz CT molecular complexity index is 1670. The van der Waals surface area contributed by atoms with Gasteiger partial charge in [0.2, 0.25) is 5.79 Å². The number of Topliss-reactive ketones (excluding diaryl/α,β-unsaturated/α-hetero) is 3. The molecule has 0 spiro atoms. The maximum atomic E-state index is 14.4. The van der Waals surface area contributed by atoms with E-state index in [0.29, 0.717) is 63.4 Å². The predicted molar refractivity (Wildman–Crippen MR) is 247 cm³/mol. The second-order valence-corrected chi connectivity index (χ2v) is 19.8. The molecule has 14 atom stereocenters. The molecule has 3 fully saturated rings. The number of piperidine rings is 1. The van der Waals surface area contributed by atoms with Crippen LogP contribution in [0.2, 0.25) is 0 Å². The van der Waals surface area contributed by atoms with Gasteiger partial charge < -0.3 is 43.9 Å². The van der Waals surface area contributed by atoms with Crippen LogP contribution in [0.1, 0.15) is 139 Å². The van der Waals surface area contributed by atoms with Crippen LogP contribution in [0.4, 0.5) is 0 Å². The van der Waals surface area contributed by atoms with E-state index in [9.17, 15) is 39.3 Å². The number of ether oxygens (including phenoxy) is 5. The molecule has 370 valence electrons. The summed E-state index contributed by atoms with van der Waals surface area (Å²) < 4.78 is 29.1. The van der Waals surface area contributed by atoms with Crippen molar-refractivity contribution in [1.82, 2.24) is 4.90 Å². The highest BCUT2D eigenvalue weighted by Crippen LogP contribution is 2.37. The molecule has 1 amide bonds. The first kappa shape index (κ1) is 56.2. The van der Waals surface area contributed by atoms with Gasteiger partial charge >= 0.3 is 5.97 Å². The number of aliphatic hydroxyl groups excluding tert-OH is 2. The second kappa shape index (κ2) is 26.4. The quantitative estimate of drug-likeness (QED) is 0.0404. The number of aliphatic hydroxyl groups is 3. The van der Waals surface area contributed by atoms with Crippen molar-refractivity contribution >= 4 is 29.2 Å². The van der Waals surface area contributed by atoms with E-state index in [2.05, 4.69) is 0 Å².